The highest BCUT2D eigenvalue weighted by Crippen LogP contribution is 2.38. The summed E-state index contributed by atoms with van der Waals surface area (Å²) < 4.78 is 10.7. The molecule has 0 saturated carbocycles. The van der Waals surface area contributed by atoms with Gasteiger partial charge in [-0.3, -0.25) is 14.5 Å². The minimum atomic E-state index is -0.281. The number of methoxy groups -OCH3 is 1. The Bertz CT molecular complexity index is 1050. The summed E-state index contributed by atoms with van der Waals surface area (Å²) >= 11 is 0. The molecular formula is C26H31N3O4. The van der Waals surface area contributed by atoms with Crippen LogP contribution in [-0.2, 0) is 10.3 Å². The summed E-state index contributed by atoms with van der Waals surface area (Å²) in [5, 5.41) is 6.38. The molecule has 7 nitrogen and oxygen atoms in total. The van der Waals surface area contributed by atoms with Crippen LogP contribution in [0.15, 0.2) is 48.5 Å². The highest BCUT2D eigenvalue weighted by Gasteiger charge is 2.33. The van der Waals surface area contributed by atoms with Crippen molar-refractivity contribution in [3.8, 4) is 5.75 Å². The largest absolute Gasteiger partial charge is 0.497 e. The normalized spacial score (nSPS) is 18.5. The second-order valence-electron chi connectivity index (χ2n) is 8.87. The summed E-state index contributed by atoms with van der Waals surface area (Å²) in [4.78, 5) is 27.7. The number of benzene rings is 2. The molecule has 0 aromatic heterocycles. The SMILES string of the molecule is COc1ccc2c(c1)/C(=C/C(=O)c1ccc(C(=O)NCCN3CCOCC3)cc1)NC2(C)C. The molecule has 2 aliphatic rings. The quantitative estimate of drug-likeness (QED) is 0.500. The summed E-state index contributed by atoms with van der Waals surface area (Å²) in [5.74, 6) is 0.486. The molecule has 7 heteroatoms. The van der Waals surface area contributed by atoms with Crippen LogP contribution in [0, 0.1) is 0 Å². The summed E-state index contributed by atoms with van der Waals surface area (Å²) in [6.07, 6.45) is 1.62. The van der Waals surface area contributed by atoms with Crippen molar-refractivity contribution in [2.75, 3.05) is 46.5 Å². The lowest BCUT2D eigenvalue weighted by Gasteiger charge is -2.26. The number of fused-ring (bicyclic) bond motifs is 1. The number of nitrogens with zero attached hydrogens (tertiary/aromatic N) is 1. The lowest BCUT2D eigenvalue weighted by Crippen LogP contribution is -2.41. The Balaban J connectivity index is 1.40. The summed E-state index contributed by atoms with van der Waals surface area (Å²) in [7, 11) is 1.63. The first-order valence-electron chi connectivity index (χ1n) is 11.3. The first-order chi connectivity index (χ1) is 15.9. The van der Waals surface area contributed by atoms with Crippen molar-refractivity contribution < 1.29 is 19.1 Å². The van der Waals surface area contributed by atoms with E-state index >= 15 is 0 Å². The number of rotatable bonds is 7. The van der Waals surface area contributed by atoms with Crippen molar-refractivity contribution >= 4 is 17.4 Å². The van der Waals surface area contributed by atoms with Gasteiger partial charge >= 0.3 is 0 Å². The monoisotopic (exact) mass is 449 g/mol. The van der Waals surface area contributed by atoms with E-state index in [1.165, 1.54) is 0 Å². The zero-order chi connectivity index (χ0) is 23.4. The van der Waals surface area contributed by atoms with Gasteiger partial charge < -0.3 is 20.1 Å². The van der Waals surface area contributed by atoms with Crippen LogP contribution < -0.4 is 15.4 Å². The Morgan fingerprint density at radius 2 is 1.82 bits per heavy atom. The molecule has 1 amide bonds. The Morgan fingerprint density at radius 1 is 1.12 bits per heavy atom. The van der Waals surface area contributed by atoms with Crippen LogP contribution in [0.5, 0.6) is 5.75 Å². The average molecular weight is 450 g/mol. The van der Waals surface area contributed by atoms with E-state index in [4.69, 9.17) is 9.47 Å². The molecule has 1 saturated heterocycles. The Labute approximate surface area is 194 Å². The molecule has 174 valence electrons. The lowest BCUT2D eigenvalue weighted by molar-refractivity contribution is 0.0383. The van der Waals surface area contributed by atoms with Crippen LogP contribution in [0.2, 0.25) is 0 Å². The molecule has 0 bridgehead atoms. The minimum absolute atomic E-state index is 0.122. The molecule has 2 aromatic carbocycles. The van der Waals surface area contributed by atoms with Gasteiger partial charge in [-0.05, 0) is 43.7 Å². The van der Waals surface area contributed by atoms with Crippen LogP contribution in [0.25, 0.3) is 5.70 Å². The van der Waals surface area contributed by atoms with Gasteiger partial charge in [0.05, 0.1) is 25.9 Å². The van der Waals surface area contributed by atoms with Crippen LogP contribution in [0.1, 0.15) is 45.7 Å². The fourth-order valence-corrected chi connectivity index (χ4v) is 4.26. The predicted molar refractivity (Wildman–Crippen MR) is 127 cm³/mol. The molecule has 0 radical (unpaired) electrons. The molecule has 1 fully saturated rings. The van der Waals surface area contributed by atoms with Gasteiger partial charge in [-0.2, -0.15) is 0 Å². The number of nitrogens with one attached hydrogen (secondary N) is 2. The number of ketones is 1. The molecule has 4 rings (SSSR count). The lowest BCUT2D eigenvalue weighted by atomic mass is 9.94. The van der Waals surface area contributed by atoms with Gasteiger partial charge in [-0.15, -0.1) is 0 Å². The second kappa shape index (κ2) is 9.77. The smallest absolute Gasteiger partial charge is 0.251 e. The van der Waals surface area contributed by atoms with E-state index < -0.39 is 0 Å². The molecule has 33 heavy (non-hydrogen) atoms. The Morgan fingerprint density at radius 3 is 2.52 bits per heavy atom. The Kier molecular flexibility index (Phi) is 6.81. The summed E-state index contributed by atoms with van der Waals surface area (Å²) in [6.45, 7) is 8.81. The van der Waals surface area contributed by atoms with Crippen molar-refractivity contribution in [3.63, 3.8) is 0 Å². The highest BCUT2D eigenvalue weighted by atomic mass is 16.5. The maximum absolute atomic E-state index is 12.9. The molecular weight excluding hydrogens is 418 g/mol. The maximum atomic E-state index is 12.9. The maximum Gasteiger partial charge on any atom is 0.251 e. The van der Waals surface area contributed by atoms with Crippen molar-refractivity contribution in [1.82, 2.24) is 15.5 Å². The molecule has 2 aliphatic heterocycles. The van der Waals surface area contributed by atoms with Gasteiger partial charge in [0.25, 0.3) is 5.91 Å². The van der Waals surface area contributed by atoms with Gasteiger partial charge in [0.2, 0.25) is 0 Å². The Hall–Kier alpha value is -3.16. The third-order valence-corrected chi connectivity index (χ3v) is 6.16. The molecule has 2 N–H and O–H groups in total. The van der Waals surface area contributed by atoms with Gasteiger partial charge in [-0.1, -0.05) is 18.2 Å². The van der Waals surface area contributed by atoms with Gasteiger partial charge in [-0.25, -0.2) is 0 Å². The zero-order valence-electron chi connectivity index (χ0n) is 19.4. The molecule has 2 heterocycles. The van der Waals surface area contributed by atoms with Crippen molar-refractivity contribution in [3.05, 3.63) is 70.8 Å². The topological polar surface area (TPSA) is 79.9 Å². The molecule has 0 atom stereocenters. The van der Waals surface area contributed by atoms with Crippen LogP contribution in [0.3, 0.4) is 0 Å². The van der Waals surface area contributed by atoms with E-state index in [2.05, 4.69) is 29.4 Å². The number of carbonyl (C=O) groups is 2. The third kappa shape index (κ3) is 5.26. The number of carbonyl (C=O) groups excluding carboxylic acids is 2. The first-order valence-corrected chi connectivity index (χ1v) is 11.3. The van der Waals surface area contributed by atoms with E-state index in [0.717, 1.165) is 55.4 Å². The second-order valence-corrected chi connectivity index (χ2v) is 8.87. The molecule has 0 aliphatic carbocycles. The van der Waals surface area contributed by atoms with Crippen LogP contribution in [-0.4, -0.2) is 63.1 Å². The molecule has 0 unspecified atom stereocenters. The molecule has 0 spiro atoms. The standard InChI is InChI=1S/C26H31N3O4/c1-26(2)22-9-8-20(32-3)16-21(22)23(28-26)17-24(30)18-4-6-19(7-5-18)25(31)27-10-11-29-12-14-33-15-13-29/h4-9,16-17,28H,10-15H2,1-3H3,(H,27,31)/b23-17-. The van der Waals surface area contributed by atoms with Crippen molar-refractivity contribution in [1.29, 1.82) is 0 Å². The van der Waals surface area contributed by atoms with E-state index in [0.29, 0.717) is 17.7 Å². The summed E-state index contributed by atoms with van der Waals surface area (Å²) in [6, 6.07) is 12.7. The van der Waals surface area contributed by atoms with E-state index in [1.807, 2.05) is 18.2 Å². The fourth-order valence-electron chi connectivity index (χ4n) is 4.26. The van der Waals surface area contributed by atoms with Crippen molar-refractivity contribution in [2.45, 2.75) is 19.4 Å². The van der Waals surface area contributed by atoms with Crippen molar-refractivity contribution in [2.24, 2.45) is 0 Å². The number of allylic oxidation sites excluding steroid dienone is 1. The number of hydrogen-bond donors (Lipinski definition) is 2. The van der Waals surface area contributed by atoms with E-state index in [-0.39, 0.29) is 17.2 Å². The zero-order valence-corrected chi connectivity index (χ0v) is 19.4. The number of morpholine rings is 1. The number of hydrogen-bond acceptors (Lipinski definition) is 6. The number of amides is 1. The van der Waals surface area contributed by atoms with Crippen LogP contribution in [0.4, 0.5) is 0 Å². The van der Waals surface area contributed by atoms with E-state index in [9.17, 15) is 9.59 Å². The summed E-state index contributed by atoms with van der Waals surface area (Å²) in [5.41, 5.74) is 3.63. The highest BCUT2D eigenvalue weighted by molar-refractivity contribution is 6.09. The average Bonchev–Trinajstić information content (AvgIpc) is 3.08. The predicted octanol–water partition coefficient (Wildman–Crippen LogP) is 2.82. The fraction of sp³-hybridized carbons (Fsp3) is 0.385. The first kappa shape index (κ1) is 23.0. The van der Waals surface area contributed by atoms with Gasteiger partial charge in [0.1, 0.15) is 5.75 Å². The van der Waals surface area contributed by atoms with Gasteiger partial charge in [0, 0.05) is 54.6 Å². The van der Waals surface area contributed by atoms with E-state index in [1.54, 1.807) is 37.5 Å². The molecule has 2 aromatic rings. The number of ether oxygens (including phenoxy) is 2. The van der Waals surface area contributed by atoms with Crippen LogP contribution >= 0.6 is 0 Å². The van der Waals surface area contributed by atoms with Gasteiger partial charge in [0.15, 0.2) is 5.78 Å². The third-order valence-electron chi connectivity index (χ3n) is 6.16. The minimum Gasteiger partial charge on any atom is -0.497 e.